The maximum Gasteiger partial charge on any atom is 0.115 e. The second kappa shape index (κ2) is 8.47. The molecule has 4 heteroatoms. The highest BCUT2D eigenvalue weighted by Gasteiger charge is 2.02. The maximum absolute atomic E-state index is 9.25. The molecule has 0 saturated carbocycles. The Morgan fingerprint density at radius 2 is 2.05 bits per heavy atom. The van der Waals surface area contributed by atoms with Crippen molar-refractivity contribution in [2.75, 3.05) is 6.54 Å². The third-order valence-corrected chi connectivity index (χ3v) is 3.70. The van der Waals surface area contributed by atoms with Crippen LogP contribution >= 0.6 is 0 Å². The summed E-state index contributed by atoms with van der Waals surface area (Å²) in [6.07, 6.45) is 10.2. The van der Waals surface area contributed by atoms with E-state index in [0.717, 1.165) is 25.9 Å². The summed E-state index contributed by atoms with van der Waals surface area (Å²) in [5, 5.41) is 12.8. The van der Waals surface area contributed by atoms with Gasteiger partial charge >= 0.3 is 0 Å². The monoisotopic (exact) mass is 287 g/mol. The molecule has 0 spiro atoms. The number of aryl methyl sites for hydroxylation is 2. The number of aromatic hydroxyl groups is 1. The molecule has 1 aromatic heterocycles. The standard InChI is InChI=1S/C17H25N3O/c1-15(4-5-16-6-8-17(21)9-7-16)19-10-2-3-12-20-13-11-18-14-20/h6-9,11,13-15,19,21H,2-5,10,12H2,1H3. The zero-order chi connectivity index (χ0) is 14.9. The van der Waals surface area contributed by atoms with Crippen LogP contribution in [0.2, 0.25) is 0 Å². The van der Waals surface area contributed by atoms with E-state index in [4.69, 9.17) is 0 Å². The van der Waals surface area contributed by atoms with Crippen LogP contribution in [0.25, 0.3) is 0 Å². The molecule has 114 valence electrons. The Balaban J connectivity index is 1.53. The van der Waals surface area contributed by atoms with E-state index in [0.29, 0.717) is 11.8 Å². The van der Waals surface area contributed by atoms with Crippen molar-refractivity contribution in [2.24, 2.45) is 0 Å². The van der Waals surface area contributed by atoms with Gasteiger partial charge in [0.1, 0.15) is 5.75 Å². The first-order valence-corrected chi connectivity index (χ1v) is 7.71. The number of hydrogen-bond acceptors (Lipinski definition) is 3. The van der Waals surface area contributed by atoms with Gasteiger partial charge in [-0.2, -0.15) is 0 Å². The Kier molecular flexibility index (Phi) is 6.28. The normalized spacial score (nSPS) is 12.4. The fourth-order valence-corrected chi connectivity index (χ4v) is 2.33. The fraction of sp³-hybridized carbons (Fsp3) is 0.471. The van der Waals surface area contributed by atoms with E-state index in [1.54, 1.807) is 12.1 Å². The molecule has 2 rings (SSSR count). The van der Waals surface area contributed by atoms with Crippen molar-refractivity contribution in [2.45, 2.75) is 45.2 Å². The molecular formula is C17H25N3O. The Morgan fingerprint density at radius 3 is 2.76 bits per heavy atom. The van der Waals surface area contributed by atoms with Crippen LogP contribution in [0.5, 0.6) is 5.75 Å². The van der Waals surface area contributed by atoms with Gasteiger partial charge in [-0.1, -0.05) is 12.1 Å². The van der Waals surface area contributed by atoms with Gasteiger partial charge < -0.3 is 15.0 Å². The first kappa shape index (κ1) is 15.6. The van der Waals surface area contributed by atoms with Crippen LogP contribution in [0.4, 0.5) is 0 Å². The number of benzene rings is 1. The topological polar surface area (TPSA) is 50.1 Å². The summed E-state index contributed by atoms with van der Waals surface area (Å²) in [6, 6.07) is 8.01. The van der Waals surface area contributed by atoms with Gasteiger partial charge in [0.25, 0.3) is 0 Å². The van der Waals surface area contributed by atoms with E-state index in [2.05, 4.69) is 21.8 Å². The van der Waals surface area contributed by atoms with Crippen LogP contribution in [0.15, 0.2) is 43.0 Å². The molecular weight excluding hydrogens is 262 g/mol. The number of nitrogens with one attached hydrogen (secondary N) is 1. The maximum atomic E-state index is 9.25. The van der Waals surface area contributed by atoms with Crippen LogP contribution < -0.4 is 5.32 Å². The van der Waals surface area contributed by atoms with Gasteiger partial charge in [-0.05, 0) is 56.8 Å². The van der Waals surface area contributed by atoms with Crippen LogP contribution in [-0.2, 0) is 13.0 Å². The molecule has 0 saturated heterocycles. The summed E-state index contributed by atoms with van der Waals surface area (Å²) in [5.41, 5.74) is 1.28. The SMILES string of the molecule is CC(CCc1ccc(O)cc1)NCCCCn1ccnc1. The van der Waals surface area contributed by atoms with Crippen molar-refractivity contribution in [3.8, 4) is 5.75 Å². The largest absolute Gasteiger partial charge is 0.508 e. The predicted octanol–water partition coefficient (Wildman–Crippen LogP) is 2.98. The molecule has 0 amide bonds. The third kappa shape index (κ3) is 6.00. The lowest BCUT2D eigenvalue weighted by Gasteiger charge is -2.13. The number of imidazole rings is 1. The molecule has 21 heavy (non-hydrogen) atoms. The summed E-state index contributed by atoms with van der Waals surface area (Å²) in [7, 11) is 0. The predicted molar refractivity (Wildman–Crippen MR) is 85.4 cm³/mol. The zero-order valence-electron chi connectivity index (χ0n) is 12.7. The molecule has 0 radical (unpaired) electrons. The summed E-state index contributed by atoms with van der Waals surface area (Å²) >= 11 is 0. The molecule has 0 aliphatic heterocycles. The third-order valence-electron chi connectivity index (χ3n) is 3.70. The number of unbranched alkanes of at least 4 members (excludes halogenated alkanes) is 1. The minimum Gasteiger partial charge on any atom is -0.508 e. The van der Waals surface area contributed by atoms with Gasteiger partial charge in [-0.25, -0.2) is 4.98 Å². The highest BCUT2D eigenvalue weighted by atomic mass is 16.3. The molecule has 1 heterocycles. The van der Waals surface area contributed by atoms with Crippen LogP contribution in [-0.4, -0.2) is 27.2 Å². The Bertz CT molecular complexity index is 493. The van der Waals surface area contributed by atoms with Gasteiger partial charge in [0.15, 0.2) is 0 Å². The second-order valence-corrected chi connectivity index (χ2v) is 5.57. The summed E-state index contributed by atoms with van der Waals surface area (Å²) in [5.74, 6) is 0.336. The number of phenols is 1. The molecule has 0 aliphatic rings. The van der Waals surface area contributed by atoms with E-state index in [9.17, 15) is 5.11 Å². The zero-order valence-corrected chi connectivity index (χ0v) is 12.7. The lowest BCUT2D eigenvalue weighted by Crippen LogP contribution is -2.27. The minimum atomic E-state index is 0.336. The molecule has 4 nitrogen and oxygen atoms in total. The molecule has 0 aliphatic carbocycles. The van der Waals surface area contributed by atoms with Crippen molar-refractivity contribution in [3.63, 3.8) is 0 Å². The molecule has 2 N–H and O–H groups in total. The number of aromatic nitrogens is 2. The highest BCUT2D eigenvalue weighted by molar-refractivity contribution is 5.25. The fourth-order valence-electron chi connectivity index (χ4n) is 2.33. The molecule has 1 unspecified atom stereocenters. The first-order valence-electron chi connectivity index (χ1n) is 7.71. The van der Waals surface area contributed by atoms with Crippen molar-refractivity contribution < 1.29 is 5.11 Å². The summed E-state index contributed by atoms with van der Waals surface area (Å²) in [6.45, 7) is 4.34. The smallest absolute Gasteiger partial charge is 0.115 e. The lowest BCUT2D eigenvalue weighted by atomic mass is 10.1. The van der Waals surface area contributed by atoms with Gasteiger partial charge in [-0.3, -0.25) is 0 Å². The number of rotatable bonds is 9. The summed E-state index contributed by atoms with van der Waals surface area (Å²) in [4.78, 5) is 4.04. The number of phenolic OH excluding ortho intramolecular Hbond substituents is 1. The molecule has 2 aromatic rings. The van der Waals surface area contributed by atoms with E-state index in [1.807, 2.05) is 30.9 Å². The average Bonchev–Trinajstić information content (AvgIpc) is 2.99. The molecule has 1 aromatic carbocycles. The quantitative estimate of drug-likeness (QED) is 0.697. The Labute approximate surface area is 126 Å². The van der Waals surface area contributed by atoms with Gasteiger partial charge in [0, 0.05) is 25.0 Å². The van der Waals surface area contributed by atoms with Crippen molar-refractivity contribution >= 4 is 0 Å². The number of nitrogens with zero attached hydrogens (tertiary/aromatic N) is 2. The van der Waals surface area contributed by atoms with Crippen LogP contribution in [0.3, 0.4) is 0 Å². The first-order chi connectivity index (χ1) is 10.2. The van der Waals surface area contributed by atoms with Crippen LogP contribution in [0, 0.1) is 0 Å². The van der Waals surface area contributed by atoms with E-state index < -0.39 is 0 Å². The van der Waals surface area contributed by atoms with Crippen LogP contribution in [0.1, 0.15) is 31.7 Å². The van der Waals surface area contributed by atoms with Gasteiger partial charge in [0.05, 0.1) is 6.33 Å². The Morgan fingerprint density at radius 1 is 1.24 bits per heavy atom. The number of hydrogen-bond donors (Lipinski definition) is 2. The molecule has 0 fully saturated rings. The lowest BCUT2D eigenvalue weighted by molar-refractivity contribution is 0.474. The second-order valence-electron chi connectivity index (χ2n) is 5.57. The van der Waals surface area contributed by atoms with Crippen molar-refractivity contribution in [3.05, 3.63) is 48.5 Å². The Hall–Kier alpha value is -1.81. The summed E-state index contributed by atoms with van der Waals surface area (Å²) < 4.78 is 2.12. The van der Waals surface area contributed by atoms with Crippen molar-refractivity contribution in [1.82, 2.24) is 14.9 Å². The van der Waals surface area contributed by atoms with E-state index in [-0.39, 0.29) is 0 Å². The van der Waals surface area contributed by atoms with Crippen molar-refractivity contribution in [1.29, 1.82) is 0 Å². The minimum absolute atomic E-state index is 0.336. The molecule has 0 bridgehead atoms. The van der Waals surface area contributed by atoms with E-state index in [1.165, 1.54) is 18.4 Å². The van der Waals surface area contributed by atoms with E-state index >= 15 is 0 Å². The van der Waals surface area contributed by atoms with Gasteiger partial charge in [-0.15, -0.1) is 0 Å². The highest BCUT2D eigenvalue weighted by Crippen LogP contribution is 2.11. The average molecular weight is 287 g/mol. The molecule has 1 atom stereocenters. The van der Waals surface area contributed by atoms with Gasteiger partial charge in [0.2, 0.25) is 0 Å².